The first-order valence-corrected chi connectivity index (χ1v) is 8.19. The highest BCUT2D eigenvalue weighted by Gasteiger charge is 2.10. The van der Waals surface area contributed by atoms with Crippen molar-refractivity contribution in [1.29, 1.82) is 0 Å². The van der Waals surface area contributed by atoms with Crippen LogP contribution >= 0.6 is 0 Å². The minimum absolute atomic E-state index is 0.0610. The van der Waals surface area contributed by atoms with Crippen LogP contribution < -0.4 is 10.9 Å². The Bertz CT molecular complexity index is 994. The van der Waals surface area contributed by atoms with E-state index in [0.29, 0.717) is 23.1 Å². The summed E-state index contributed by atoms with van der Waals surface area (Å²) in [4.78, 5) is 32.5. The van der Waals surface area contributed by atoms with Crippen molar-refractivity contribution >= 4 is 16.8 Å². The summed E-state index contributed by atoms with van der Waals surface area (Å²) in [7, 11) is 3.89. The molecule has 7 nitrogen and oxygen atoms in total. The SMILES string of the molecule is CN(C)CCNC(=O)c1ccc(-c2cc(O)c3nc[nH]c(=O)c3c2)cc1. The van der Waals surface area contributed by atoms with E-state index >= 15 is 0 Å². The van der Waals surface area contributed by atoms with Crippen molar-refractivity contribution in [2.45, 2.75) is 0 Å². The van der Waals surface area contributed by atoms with Gasteiger partial charge in [-0.05, 0) is 49.5 Å². The van der Waals surface area contributed by atoms with Gasteiger partial charge in [0, 0.05) is 18.7 Å². The lowest BCUT2D eigenvalue weighted by Gasteiger charge is -2.11. The van der Waals surface area contributed by atoms with E-state index in [1.165, 1.54) is 6.33 Å². The van der Waals surface area contributed by atoms with Gasteiger partial charge in [-0.15, -0.1) is 0 Å². The van der Waals surface area contributed by atoms with Crippen LogP contribution in [0.4, 0.5) is 0 Å². The molecule has 0 unspecified atom stereocenters. The number of likely N-dealkylation sites (N-methyl/N-ethyl adjacent to an activating group) is 1. The van der Waals surface area contributed by atoms with Crippen LogP contribution in [0.3, 0.4) is 0 Å². The first-order valence-electron chi connectivity index (χ1n) is 8.19. The molecule has 0 spiro atoms. The summed E-state index contributed by atoms with van der Waals surface area (Å²) in [5, 5.41) is 13.3. The van der Waals surface area contributed by atoms with E-state index in [0.717, 1.165) is 12.1 Å². The zero-order valence-corrected chi connectivity index (χ0v) is 14.6. The number of benzene rings is 2. The summed E-state index contributed by atoms with van der Waals surface area (Å²) in [6, 6.07) is 10.2. The fraction of sp³-hybridized carbons (Fsp3) is 0.211. The van der Waals surface area contributed by atoms with Crippen molar-refractivity contribution in [3.63, 3.8) is 0 Å². The minimum atomic E-state index is -0.316. The lowest BCUT2D eigenvalue weighted by molar-refractivity contribution is 0.0951. The predicted octanol–water partition coefficient (Wildman–Crippen LogP) is 1.59. The number of fused-ring (bicyclic) bond motifs is 1. The number of hydrogen-bond donors (Lipinski definition) is 3. The maximum absolute atomic E-state index is 12.1. The highest BCUT2D eigenvalue weighted by molar-refractivity contribution is 5.95. The van der Waals surface area contributed by atoms with E-state index in [9.17, 15) is 14.7 Å². The van der Waals surface area contributed by atoms with Gasteiger partial charge in [-0.2, -0.15) is 0 Å². The zero-order chi connectivity index (χ0) is 18.7. The topological polar surface area (TPSA) is 98.3 Å². The summed E-state index contributed by atoms with van der Waals surface area (Å²) >= 11 is 0. The number of H-pyrrole nitrogens is 1. The van der Waals surface area contributed by atoms with E-state index in [4.69, 9.17) is 0 Å². The van der Waals surface area contributed by atoms with Gasteiger partial charge < -0.3 is 20.3 Å². The summed E-state index contributed by atoms with van der Waals surface area (Å²) in [6.07, 6.45) is 1.26. The number of phenols is 1. The van der Waals surface area contributed by atoms with Crippen LogP contribution in [0.1, 0.15) is 10.4 Å². The molecule has 0 atom stereocenters. The fourth-order valence-electron chi connectivity index (χ4n) is 2.64. The van der Waals surface area contributed by atoms with E-state index in [1.54, 1.807) is 36.4 Å². The van der Waals surface area contributed by atoms with Crippen molar-refractivity contribution in [2.75, 3.05) is 27.2 Å². The van der Waals surface area contributed by atoms with Crippen molar-refractivity contribution in [3.8, 4) is 16.9 Å². The van der Waals surface area contributed by atoms with Gasteiger partial charge in [-0.3, -0.25) is 9.59 Å². The third-order valence-corrected chi connectivity index (χ3v) is 4.05. The first kappa shape index (κ1) is 17.6. The maximum atomic E-state index is 12.1. The minimum Gasteiger partial charge on any atom is -0.506 e. The quantitative estimate of drug-likeness (QED) is 0.648. The highest BCUT2D eigenvalue weighted by Crippen LogP contribution is 2.29. The molecule has 0 aliphatic rings. The van der Waals surface area contributed by atoms with Gasteiger partial charge in [0.25, 0.3) is 11.5 Å². The number of nitrogens with zero attached hydrogens (tertiary/aromatic N) is 2. The number of rotatable bonds is 5. The molecular weight excluding hydrogens is 332 g/mol. The zero-order valence-electron chi connectivity index (χ0n) is 14.6. The molecule has 26 heavy (non-hydrogen) atoms. The maximum Gasteiger partial charge on any atom is 0.258 e. The predicted molar refractivity (Wildman–Crippen MR) is 100 cm³/mol. The van der Waals surface area contributed by atoms with Gasteiger partial charge in [0.05, 0.1) is 11.7 Å². The van der Waals surface area contributed by atoms with Gasteiger partial charge in [0.2, 0.25) is 0 Å². The number of aromatic hydroxyl groups is 1. The molecule has 2 aromatic carbocycles. The normalized spacial score (nSPS) is 11.0. The Morgan fingerprint density at radius 1 is 1.19 bits per heavy atom. The molecule has 3 rings (SSSR count). The number of carbonyl (C=O) groups excluding carboxylic acids is 1. The summed E-state index contributed by atoms with van der Waals surface area (Å²) in [6.45, 7) is 1.34. The van der Waals surface area contributed by atoms with Gasteiger partial charge in [0.1, 0.15) is 11.3 Å². The molecule has 0 aliphatic carbocycles. The van der Waals surface area contributed by atoms with Crippen LogP contribution in [0, 0.1) is 0 Å². The molecule has 0 fully saturated rings. The monoisotopic (exact) mass is 352 g/mol. The van der Waals surface area contributed by atoms with Crippen LogP contribution in [-0.2, 0) is 0 Å². The molecule has 0 radical (unpaired) electrons. The van der Waals surface area contributed by atoms with E-state index in [1.807, 2.05) is 19.0 Å². The fourth-order valence-corrected chi connectivity index (χ4v) is 2.64. The second-order valence-electron chi connectivity index (χ2n) is 6.26. The van der Waals surface area contributed by atoms with Crippen molar-refractivity contribution in [2.24, 2.45) is 0 Å². The lowest BCUT2D eigenvalue weighted by Crippen LogP contribution is -2.31. The molecule has 7 heteroatoms. The van der Waals surface area contributed by atoms with Gasteiger partial charge >= 0.3 is 0 Å². The summed E-state index contributed by atoms with van der Waals surface area (Å²) in [5.41, 5.74) is 1.96. The number of aromatic nitrogens is 2. The Labute approximate surface area is 150 Å². The Balaban J connectivity index is 1.85. The Kier molecular flexibility index (Phi) is 4.99. The highest BCUT2D eigenvalue weighted by atomic mass is 16.3. The summed E-state index contributed by atoms with van der Waals surface area (Å²) in [5.74, 6) is -0.200. The van der Waals surface area contributed by atoms with Crippen LogP contribution in [0.5, 0.6) is 5.75 Å². The standard InChI is InChI=1S/C19H20N4O3/c1-23(2)8-7-20-18(25)13-5-3-12(4-6-13)14-9-15-17(16(24)10-14)21-11-22-19(15)26/h3-6,9-11,24H,7-8H2,1-2H3,(H,20,25)(H,21,22,26). The van der Waals surface area contributed by atoms with E-state index < -0.39 is 0 Å². The largest absolute Gasteiger partial charge is 0.506 e. The number of aromatic amines is 1. The second kappa shape index (κ2) is 7.37. The number of phenolic OH excluding ortho intramolecular Hbond substituents is 1. The smallest absolute Gasteiger partial charge is 0.258 e. The molecular formula is C19H20N4O3. The van der Waals surface area contributed by atoms with Crippen molar-refractivity contribution in [3.05, 3.63) is 58.6 Å². The number of nitrogens with one attached hydrogen (secondary N) is 2. The van der Waals surface area contributed by atoms with Gasteiger partial charge in [-0.1, -0.05) is 12.1 Å². The van der Waals surface area contributed by atoms with Crippen molar-refractivity contribution in [1.82, 2.24) is 20.2 Å². The molecule has 1 aromatic heterocycles. The van der Waals surface area contributed by atoms with Crippen LogP contribution in [0.25, 0.3) is 22.0 Å². The number of amides is 1. The molecule has 3 aromatic rings. The third kappa shape index (κ3) is 3.73. The Morgan fingerprint density at radius 3 is 2.62 bits per heavy atom. The Morgan fingerprint density at radius 2 is 1.92 bits per heavy atom. The number of hydrogen-bond acceptors (Lipinski definition) is 5. The second-order valence-corrected chi connectivity index (χ2v) is 6.26. The molecule has 0 bridgehead atoms. The average molecular weight is 352 g/mol. The molecule has 0 saturated heterocycles. The molecule has 0 aliphatic heterocycles. The van der Waals surface area contributed by atoms with Crippen LogP contribution in [0.15, 0.2) is 47.5 Å². The number of carbonyl (C=O) groups is 1. The first-order chi connectivity index (χ1) is 12.5. The van der Waals surface area contributed by atoms with Crippen molar-refractivity contribution < 1.29 is 9.90 Å². The third-order valence-electron chi connectivity index (χ3n) is 4.05. The van der Waals surface area contributed by atoms with E-state index in [-0.39, 0.29) is 22.7 Å². The molecule has 1 amide bonds. The lowest BCUT2D eigenvalue weighted by atomic mass is 10.0. The molecule has 134 valence electrons. The Hall–Kier alpha value is -3.19. The van der Waals surface area contributed by atoms with Crippen LogP contribution in [0.2, 0.25) is 0 Å². The summed E-state index contributed by atoms with van der Waals surface area (Å²) < 4.78 is 0. The average Bonchev–Trinajstić information content (AvgIpc) is 2.62. The van der Waals surface area contributed by atoms with Crippen LogP contribution in [-0.4, -0.2) is 53.1 Å². The van der Waals surface area contributed by atoms with Gasteiger partial charge in [-0.25, -0.2) is 4.98 Å². The molecule has 3 N–H and O–H groups in total. The molecule has 0 saturated carbocycles. The van der Waals surface area contributed by atoms with Gasteiger partial charge in [0.15, 0.2) is 0 Å². The molecule has 1 heterocycles. The van der Waals surface area contributed by atoms with E-state index in [2.05, 4.69) is 15.3 Å².